The fraction of sp³-hybridized carbons (Fsp3) is 0.733. The fourth-order valence-electron chi connectivity index (χ4n) is 3.16. The smallest absolute Gasteiger partial charge is 0.0469 e. The lowest BCUT2D eigenvalue weighted by Gasteiger charge is -2.26. The maximum absolute atomic E-state index is 6.48. The maximum atomic E-state index is 6.48. The van der Waals surface area contributed by atoms with Gasteiger partial charge in [-0.1, -0.05) is 6.42 Å². The van der Waals surface area contributed by atoms with Crippen molar-refractivity contribution in [2.24, 2.45) is 11.7 Å². The van der Waals surface area contributed by atoms with E-state index in [9.17, 15) is 0 Å². The molecular formula is C15H23NOS. The summed E-state index contributed by atoms with van der Waals surface area (Å²) in [4.78, 5) is 3.04. The van der Waals surface area contributed by atoms with E-state index < -0.39 is 0 Å². The van der Waals surface area contributed by atoms with Crippen molar-refractivity contribution >= 4 is 11.3 Å². The predicted molar refractivity (Wildman–Crippen MR) is 76.0 cm³/mol. The molecule has 2 heterocycles. The zero-order chi connectivity index (χ0) is 12.4. The topological polar surface area (TPSA) is 35.2 Å². The van der Waals surface area contributed by atoms with E-state index in [1.54, 1.807) is 10.4 Å². The van der Waals surface area contributed by atoms with Gasteiger partial charge in [-0.05, 0) is 56.1 Å². The van der Waals surface area contributed by atoms with Crippen LogP contribution in [0.15, 0.2) is 6.07 Å². The number of hydrogen-bond acceptors (Lipinski definition) is 3. The standard InChI is InChI=1S/C15H23NOS/c16-15(11-6-8-17-9-7-11)14-10-12-4-2-1-3-5-13(12)18-14/h10-11,15H,1-9,16H2. The predicted octanol–water partition coefficient (Wildman–Crippen LogP) is 3.44. The van der Waals surface area contributed by atoms with Crippen molar-refractivity contribution in [1.82, 2.24) is 0 Å². The molecule has 1 aromatic heterocycles. The fourth-order valence-corrected chi connectivity index (χ4v) is 4.51. The van der Waals surface area contributed by atoms with Crippen LogP contribution in [-0.2, 0) is 17.6 Å². The Labute approximate surface area is 114 Å². The third-order valence-electron chi connectivity index (χ3n) is 4.37. The van der Waals surface area contributed by atoms with Gasteiger partial charge in [0.15, 0.2) is 0 Å². The molecule has 2 nitrogen and oxygen atoms in total. The van der Waals surface area contributed by atoms with Crippen LogP contribution >= 0.6 is 11.3 Å². The van der Waals surface area contributed by atoms with Gasteiger partial charge in [-0.15, -0.1) is 11.3 Å². The van der Waals surface area contributed by atoms with Crippen molar-refractivity contribution in [1.29, 1.82) is 0 Å². The van der Waals surface area contributed by atoms with E-state index >= 15 is 0 Å². The third kappa shape index (κ3) is 2.63. The van der Waals surface area contributed by atoms with Gasteiger partial charge in [0.1, 0.15) is 0 Å². The first-order valence-electron chi connectivity index (χ1n) is 7.29. The summed E-state index contributed by atoms with van der Waals surface area (Å²) < 4.78 is 5.43. The molecule has 3 heteroatoms. The zero-order valence-corrected chi connectivity index (χ0v) is 11.8. The van der Waals surface area contributed by atoms with E-state index in [0.29, 0.717) is 5.92 Å². The van der Waals surface area contributed by atoms with Crippen LogP contribution in [0.2, 0.25) is 0 Å². The lowest BCUT2D eigenvalue weighted by Crippen LogP contribution is -2.26. The second-order valence-electron chi connectivity index (χ2n) is 5.63. The van der Waals surface area contributed by atoms with Gasteiger partial charge in [0.2, 0.25) is 0 Å². The van der Waals surface area contributed by atoms with E-state index in [0.717, 1.165) is 26.1 Å². The van der Waals surface area contributed by atoms with Crippen LogP contribution in [0.4, 0.5) is 0 Å². The first-order chi connectivity index (χ1) is 8.84. The summed E-state index contributed by atoms with van der Waals surface area (Å²) in [5, 5.41) is 0. The number of aryl methyl sites for hydroxylation is 2. The molecule has 0 bridgehead atoms. The molecule has 3 rings (SSSR count). The quantitative estimate of drug-likeness (QED) is 0.831. The highest BCUT2D eigenvalue weighted by Crippen LogP contribution is 2.36. The van der Waals surface area contributed by atoms with Gasteiger partial charge in [-0.2, -0.15) is 0 Å². The highest BCUT2D eigenvalue weighted by atomic mass is 32.1. The monoisotopic (exact) mass is 265 g/mol. The molecule has 1 aliphatic carbocycles. The molecule has 100 valence electrons. The number of hydrogen-bond donors (Lipinski definition) is 1. The number of nitrogens with two attached hydrogens (primary N) is 1. The van der Waals surface area contributed by atoms with Crippen molar-refractivity contribution in [2.75, 3.05) is 13.2 Å². The van der Waals surface area contributed by atoms with Gasteiger partial charge in [0, 0.05) is 29.0 Å². The summed E-state index contributed by atoms with van der Waals surface area (Å²) in [5.74, 6) is 0.626. The average Bonchev–Trinajstić information content (AvgIpc) is 2.70. The Morgan fingerprint density at radius 2 is 1.94 bits per heavy atom. The Bertz CT molecular complexity index is 372. The molecule has 1 saturated heterocycles. The summed E-state index contributed by atoms with van der Waals surface area (Å²) in [5.41, 5.74) is 8.07. The third-order valence-corrected chi connectivity index (χ3v) is 5.71. The summed E-state index contributed by atoms with van der Waals surface area (Å²) in [6.45, 7) is 1.78. The second kappa shape index (κ2) is 5.72. The molecule has 0 saturated carbocycles. The molecule has 2 aliphatic rings. The Kier molecular flexibility index (Phi) is 4.02. The van der Waals surface area contributed by atoms with Crippen LogP contribution in [0.5, 0.6) is 0 Å². The first-order valence-corrected chi connectivity index (χ1v) is 8.11. The zero-order valence-electron chi connectivity index (χ0n) is 11.0. The Hall–Kier alpha value is -0.380. The highest BCUT2D eigenvalue weighted by molar-refractivity contribution is 7.12. The molecule has 1 aliphatic heterocycles. The van der Waals surface area contributed by atoms with Gasteiger partial charge in [0.25, 0.3) is 0 Å². The van der Waals surface area contributed by atoms with Crippen molar-refractivity contribution in [2.45, 2.75) is 51.0 Å². The average molecular weight is 265 g/mol. The van der Waals surface area contributed by atoms with Crippen molar-refractivity contribution in [3.63, 3.8) is 0 Å². The number of fused-ring (bicyclic) bond motifs is 1. The Balaban J connectivity index is 1.75. The molecule has 18 heavy (non-hydrogen) atoms. The van der Waals surface area contributed by atoms with Crippen LogP contribution < -0.4 is 5.73 Å². The largest absolute Gasteiger partial charge is 0.381 e. The molecule has 0 amide bonds. The van der Waals surface area contributed by atoms with Gasteiger partial charge in [-0.25, -0.2) is 0 Å². The SMILES string of the molecule is NC(c1cc2c(s1)CCCCC2)C1CCOCC1. The molecule has 0 radical (unpaired) electrons. The minimum atomic E-state index is 0.242. The van der Waals surface area contributed by atoms with Gasteiger partial charge >= 0.3 is 0 Å². The van der Waals surface area contributed by atoms with Crippen LogP contribution in [-0.4, -0.2) is 13.2 Å². The van der Waals surface area contributed by atoms with E-state index in [2.05, 4.69) is 6.07 Å². The molecular weight excluding hydrogens is 242 g/mol. The van der Waals surface area contributed by atoms with E-state index in [4.69, 9.17) is 10.5 Å². The number of thiophene rings is 1. The Morgan fingerprint density at radius 1 is 1.17 bits per heavy atom. The summed E-state index contributed by atoms with van der Waals surface area (Å²) in [6.07, 6.45) is 8.91. The summed E-state index contributed by atoms with van der Waals surface area (Å²) >= 11 is 1.98. The van der Waals surface area contributed by atoms with E-state index in [-0.39, 0.29) is 6.04 Å². The first kappa shape index (κ1) is 12.6. The molecule has 0 spiro atoms. The van der Waals surface area contributed by atoms with E-state index in [1.807, 2.05) is 11.3 Å². The van der Waals surface area contributed by atoms with Gasteiger partial charge < -0.3 is 10.5 Å². The Morgan fingerprint density at radius 3 is 2.78 bits per heavy atom. The number of ether oxygens (including phenoxy) is 1. The maximum Gasteiger partial charge on any atom is 0.0469 e. The lowest BCUT2D eigenvalue weighted by molar-refractivity contribution is 0.0587. The molecule has 1 aromatic rings. The van der Waals surface area contributed by atoms with Crippen LogP contribution in [0.1, 0.15) is 53.5 Å². The normalized spacial score (nSPS) is 23.4. The molecule has 0 aromatic carbocycles. The van der Waals surface area contributed by atoms with Crippen molar-refractivity contribution < 1.29 is 4.74 Å². The van der Waals surface area contributed by atoms with E-state index in [1.165, 1.54) is 37.0 Å². The lowest BCUT2D eigenvalue weighted by atomic mass is 9.91. The summed E-state index contributed by atoms with van der Waals surface area (Å²) in [7, 11) is 0. The molecule has 1 atom stereocenters. The van der Waals surface area contributed by atoms with Gasteiger partial charge in [0.05, 0.1) is 0 Å². The molecule has 1 fully saturated rings. The molecule has 2 N–H and O–H groups in total. The van der Waals surface area contributed by atoms with Crippen molar-refractivity contribution in [3.8, 4) is 0 Å². The van der Waals surface area contributed by atoms with Crippen LogP contribution in [0, 0.1) is 5.92 Å². The second-order valence-corrected chi connectivity index (χ2v) is 6.80. The van der Waals surface area contributed by atoms with Crippen LogP contribution in [0.25, 0.3) is 0 Å². The number of rotatable bonds is 2. The van der Waals surface area contributed by atoms with Gasteiger partial charge in [-0.3, -0.25) is 0 Å². The van der Waals surface area contributed by atoms with Crippen molar-refractivity contribution in [3.05, 3.63) is 21.4 Å². The molecule has 1 unspecified atom stereocenters. The minimum absolute atomic E-state index is 0.242. The minimum Gasteiger partial charge on any atom is -0.381 e. The van der Waals surface area contributed by atoms with Crippen LogP contribution in [0.3, 0.4) is 0 Å². The highest BCUT2D eigenvalue weighted by Gasteiger charge is 2.25. The summed E-state index contributed by atoms with van der Waals surface area (Å²) in [6, 6.07) is 2.65.